The molecule has 1 aromatic rings. The number of nitriles is 1. The highest BCUT2D eigenvalue weighted by Gasteiger charge is 2.24. The average molecular weight is 229 g/mol. The van der Waals surface area contributed by atoms with Gasteiger partial charge in [-0.05, 0) is 43.2 Å². The van der Waals surface area contributed by atoms with Crippen molar-refractivity contribution in [3.63, 3.8) is 0 Å². The molecule has 2 atom stereocenters. The number of aromatic nitrogens is 1. The van der Waals surface area contributed by atoms with Crippen LogP contribution in [0.15, 0.2) is 6.07 Å². The summed E-state index contributed by atoms with van der Waals surface area (Å²) in [4.78, 5) is 4.64. The summed E-state index contributed by atoms with van der Waals surface area (Å²) in [5.74, 6) is 1.95. The van der Waals surface area contributed by atoms with Gasteiger partial charge in [0, 0.05) is 12.2 Å². The molecule has 0 bridgehead atoms. The molecule has 0 saturated heterocycles. The fourth-order valence-corrected chi connectivity index (χ4v) is 2.69. The summed E-state index contributed by atoms with van der Waals surface area (Å²) in [5, 5.41) is 12.3. The van der Waals surface area contributed by atoms with Crippen molar-refractivity contribution in [3.8, 4) is 6.07 Å². The summed E-state index contributed by atoms with van der Waals surface area (Å²) < 4.78 is 0. The van der Waals surface area contributed by atoms with E-state index < -0.39 is 0 Å². The van der Waals surface area contributed by atoms with Gasteiger partial charge in [0.1, 0.15) is 11.9 Å². The van der Waals surface area contributed by atoms with Gasteiger partial charge in [-0.3, -0.25) is 0 Å². The van der Waals surface area contributed by atoms with Gasteiger partial charge in [0.05, 0.1) is 5.56 Å². The molecule has 0 fully saturated rings. The SMILES string of the molecule is CCNc1nc2c(cc1C#N)C(C)CC(C)C2. The van der Waals surface area contributed by atoms with E-state index in [4.69, 9.17) is 5.26 Å². The van der Waals surface area contributed by atoms with Gasteiger partial charge in [-0.15, -0.1) is 0 Å². The van der Waals surface area contributed by atoms with E-state index in [2.05, 4.69) is 30.2 Å². The minimum Gasteiger partial charge on any atom is -0.369 e. The molecule has 1 aliphatic carbocycles. The molecule has 17 heavy (non-hydrogen) atoms. The Bertz CT molecular complexity index is 459. The lowest BCUT2D eigenvalue weighted by Gasteiger charge is -2.27. The molecule has 2 unspecified atom stereocenters. The van der Waals surface area contributed by atoms with Crippen molar-refractivity contribution in [1.29, 1.82) is 5.26 Å². The van der Waals surface area contributed by atoms with Crippen LogP contribution in [0.25, 0.3) is 0 Å². The van der Waals surface area contributed by atoms with Crippen LogP contribution in [0.2, 0.25) is 0 Å². The summed E-state index contributed by atoms with van der Waals surface area (Å²) in [6, 6.07) is 4.26. The second kappa shape index (κ2) is 4.75. The number of nitrogens with one attached hydrogen (secondary N) is 1. The number of nitrogens with zero attached hydrogens (tertiary/aromatic N) is 2. The molecule has 3 heteroatoms. The Kier molecular flexibility index (Phi) is 3.33. The highest BCUT2D eigenvalue weighted by molar-refractivity contribution is 5.55. The lowest BCUT2D eigenvalue weighted by atomic mass is 9.80. The number of pyridine rings is 1. The van der Waals surface area contributed by atoms with Crippen molar-refractivity contribution >= 4 is 5.82 Å². The highest BCUT2D eigenvalue weighted by Crippen LogP contribution is 2.35. The van der Waals surface area contributed by atoms with E-state index in [1.54, 1.807) is 0 Å². The zero-order valence-corrected chi connectivity index (χ0v) is 10.7. The molecule has 90 valence electrons. The van der Waals surface area contributed by atoms with E-state index in [-0.39, 0.29) is 0 Å². The number of fused-ring (bicyclic) bond motifs is 1. The topological polar surface area (TPSA) is 48.7 Å². The number of anilines is 1. The van der Waals surface area contributed by atoms with Crippen LogP contribution in [-0.4, -0.2) is 11.5 Å². The summed E-state index contributed by atoms with van der Waals surface area (Å²) in [7, 11) is 0. The molecule has 1 aromatic heterocycles. The zero-order valence-electron chi connectivity index (χ0n) is 10.7. The molecule has 0 saturated carbocycles. The molecule has 0 radical (unpaired) electrons. The Morgan fingerprint density at radius 1 is 1.53 bits per heavy atom. The number of rotatable bonds is 2. The van der Waals surface area contributed by atoms with E-state index in [1.165, 1.54) is 17.7 Å². The van der Waals surface area contributed by atoms with E-state index in [0.717, 1.165) is 18.8 Å². The minimum absolute atomic E-state index is 0.518. The van der Waals surface area contributed by atoms with Gasteiger partial charge in [0.25, 0.3) is 0 Å². The van der Waals surface area contributed by atoms with Gasteiger partial charge in [-0.1, -0.05) is 13.8 Å². The van der Waals surface area contributed by atoms with Gasteiger partial charge in [0.2, 0.25) is 0 Å². The first-order valence-corrected chi connectivity index (χ1v) is 6.33. The first kappa shape index (κ1) is 11.9. The first-order chi connectivity index (χ1) is 8.15. The largest absolute Gasteiger partial charge is 0.369 e. The molecular formula is C14H19N3. The zero-order chi connectivity index (χ0) is 12.4. The summed E-state index contributed by atoms with van der Waals surface area (Å²) in [6.07, 6.45) is 2.23. The third-order valence-corrected chi connectivity index (χ3v) is 3.43. The number of hydrogen-bond acceptors (Lipinski definition) is 3. The molecule has 3 nitrogen and oxygen atoms in total. The third kappa shape index (κ3) is 2.26. The maximum atomic E-state index is 9.15. The van der Waals surface area contributed by atoms with Crippen molar-refractivity contribution in [2.75, 3.05) is 11.9 Å². The molecular weight excluding hydrogens is 210 g/mol. The van der Waals surface area contributed by atoms with Crippen LogP contribution < -0.4 is 5.32 Å². The summed E-state index contributed by atoms with van der Waals surface area (Å²) in [5.41, 5.74) is 3.11. The fourth-order valence-electron chi connectivity index (χ4n) is 2.69. The van der Waals surface area contributed by atoms with E-state index >= 15 is 0 Å². The van der Waals surface area contributed by atoms with Gasteiger partial charge < -0.3 is 5.32 Å². The molecule has 1 N–H and O–H groups in total. The standard InChI is InChI=1S/C14H19N3/c1-4-16-14-11(8-15)7-12-10(3)5-9(2)6-13(12)17-14/h7,9-10H,4-6H2,1-3H3,(H,16,17). The average Bonchev–Trinajstić information content (AvgIpc) is 2.28. The first-order valence-electron chi connectivity index (χ1n) is 6.33. The molecule has 1 aliphatic rings. The molecule has 0 aliphatic heterocycles. The fraction of sp³-hybridized carbons (Fsp3) is 0.571. The third-order valence-electron chi connectivity index (χ3n) is 3.43. The number of hydrogen-bond donors (Lipinski definition) is 1. The van der Waals surface area contributed by atoms with Crippen LogP contribution in [0.4, 0.5) is 5.82 Å². The Morgan fingerprint density at radius 3 is 2.94 bits per heavy atom. The van der Waals surface area contributed by atoms with Gasteiger partial charge in [-0.2, -0.15) is 5.26 Å². The second-order valence-corrected chi connectivity index (χ2v) is 5.01. The predicted octanol–water partition coefficient (Wildman–Crippen LogP) is 3.07. The normalized spacial score (nSPS) is 22.7. The van der Waals surface area contributed by atoms with Crippen LogP contribution in [0.5, 0.6) is 0 Å². The van der Waals surface area contributed by atoms with Crippen LogP contribution >= 0.6 is 0 Å². The molecule has 0 aromatic carbocycles. The molecule has 1 heterocycles. The van der Waals surface area contributed by atoms with Gasteiger partial charge in [0.15, 0.2) is 0 Å². The summed E-state index contributed by atoms with van der Waals surface area (Å²) in [6.45, 7) is 7.32. The summed E-state index contributed by atoms with van der Waals surface area (Å²) >= 11 is 0. The van der Waals surface area contributed by atoms with Gasteiger partial charge in [-0.25, -0.2) is 4.98 Å². The van der Waals surface area contributed by atoms with Crippen molar-refractivity contribution in [2.24, 2.45) is 5.92 Å². The Labute approximate surface area is 103 Å². The van der Waals surface area contributed by atoms with Crippen molar-refractivity contribution < 1.29 is 0 Å². The minimum atomic E-state index is 0.518. The molecule has 0 spiro atoms. The van der Waals surface area contributed by atoms with Crippen LogP contribution in [-0.2, 0) is 6.42 Å². The van der Waals surface area contributed by atoms with Crippen LogP contribution in [0, 0.1) is 17.2 Å². The van der Waals surface area contributed by atoms with Crippen molar-refractivity contribution in [3.05, 3.63) is 22.9 Å². The van der Waals surface area contributed by atoms with Gasteiger partial charge >= 0.3 is 0 Å². The van der Waals surface area contributed by atoms with E-state index in [1.807, 2.05) is 13.0 Å². The van der Waals surface area contributed by atoms with Crippen molar-refractivity contribution in [1.82, 2.24) is 4.98 Å². The van der Waals surface area contributed by atoms with E-state index in [0.29, 0.717) is 17.4 Å². The Balaban J connectivity index is 2.47. The highest BCUT2D eigenvalue weighted by atomic mass is 15.0. The van der Waals surface area contributed by atoms with Crippen LogP contribution in [0.1, 0.15) is 49.9 Å². The maximum Gasteiger partial charge on any atom is 0.144 e. The maximum absolute atomic E-state index is 9.15. The predicted molar refractivity (Wildman–Crippen MR) is 69.0 cm³/mol. The second-order valence-electron chi connectivity index (χ2n) is 5.01. The lowest BCUT2D eigenvalue weighted by Crippen LogP contribution is -2.18. The molecule has 2 rings (SSSR count). The molecule has 0 amide bonds. The lowest BCUT2D eigenvalue weighted by molar-refractivity contribution is 0.442. The monoisotopic (exact) mass is 229 g/mol. The Hall–Kier alpha value is -1.56. The smallest absolute Gasteiger partial charge is 0.144 e. The Morgan fingerprint density at radius 2 is 2.29 bits per heavy atom. The quantitative estimate of drug-likeness (QED) is 0.847. The van der Waals surface area contributed by atoms with E-state index in [9.17, 15) is 0 Å². The van der Waals surface area contributed by atoms with Crippen LogP contribution in [0.3, 0.4) is 0 Å². The van der Waals surface area contributed by atoms with Crippen molar-refractivity contribution in [2.45, 2.75) is 39.5 Å².